The maximum Gasteiger partial charge on any atom is 0.106 e. The smallest absolute Gasteiger partial charge is 0.106 e. The van der Waals surface area contributed by atoms with Crippen LogP contribution >= 0.6 is 11.6 Å². The summed E-state index contributed by atoms with van der Waals surface area (Å²) >= 11 is 5.70. The standard InChI is InChI=1S/C21H34ClFN2/c1-3-4-11-18-15-19(20(23)14-9-10-16(2)22)21(24)25(18)17-12-7-5-6-8-13-17/h9-10,14,17-19,21H,2-8,11-13,15,24H2,1H3/b10-9-,20-14-/t18-,19?,21?/m0/s1. The Labute approximate surface area is 158 Å². The van der Waals surface area contributed by atoms with Crippen molar-refractivity contribution in [1.82, 2.24) is 4.90 Å². The van der Waals surface area contributed by atoms with Gasteiger partial charge in [0.15, 0.2) is 0 Å². The molecule has 3 atom stereocenters. The van der Waals surface area contributed by atoms with Gasteiger partial charge in [0.05, 0.1) is 6.17 Å². The molecule has 1 saturated heterocycles. The highest BCUT2D eigenvalue weighted by molar-refractivity contribution is 6.30. The monoisotopic (exact) mass is 368 g/mol. The van der Waals surface area contributed by atoms with Crippen LogP contribution in [0.2, 0.25) is 0 Å². The molecule has 0 radical (unpaired) electrons. The molecule has 1 saturated carbocycles. The first kappa shape index (κ1) is 20.7. The zero-order chi connectivity index (χ0) is 18.2. The van der Waals surface area contributed by atoms with E-state index in [0.29, 0.717) is 17.1 Å². The van der Waals surface area contributed by atoms with E-state index in [1.54, 1.807) is 12.2 Å². The molecule has 0 aromatic heterocycles. The molecule has 0 amide bonds. The molecule has 1 heterocycles. The summed E-state index contributed by atoms with van der Waals surface area (Å²) in [5, 5.41) is 0.403. The van der Waals surface area contributed by atoms with E-state index in [2.05, 4.69) is 18.4 Å². The highest BCUT2D eigenvalue weighted by atomic mass is 35.5. The average Bonchev–Trinajstić information content (AvgIpc) is 2.75. The maximum absolute atomic E-state index is 14.8. The van der Waals surface area contributed by atoms with Gasteiger partial charge < -0.3 is 5.73 Å². The predicted molar refractivity (Wildman–Crippen MR) is 106 cm³/mol. The van der Waals surface area contributed by atoms with Crippen molar-refractivity contribution in [3.05, 3.63) is 35.7 Å². The number of hydrogen-bond donors (Lipinski definition) is 1. The minimum absolute atomic E-state index is 0.126. The fourth-order valence-corrected chi connectivity index (χ4v) is 4.53. The number of halogens is 2. The van der Waals surface area contributed by atoms with Gasteiger partial charge in [0.1, 0.15) is 5.83 Å². The van der Waals surface area contributed by atoms with Crippen molar-refractivity contribution >= 4 is 11.6 Å². The van der Waals surface area contributed by atoms with E-state index in [1.165, 1.54) is 57.4 Å². The first-order chi connectivity index (χ1) is 12.0. The van der Waals surface area contributed by atoms with Gasteiger partial charge in [-0.2, -0.15) is 0 Å². The lowest BCUT2D eigenvalue weighted by molar-refractivity contribution is 0.104. The quantitative estimate of drug-likeness (QED) is 0.438. The molecule has 0 aromatic carbocycles. The van der Waals surface area contributed by atoms with Crippen LogP contribution in [0, 0.1) is 5.92 Å². The molecular weight excluding hydrogens is 335 g/mol. The minimum atomic E-state index is -0.214. The molecule has 0 aromatic rings. The zero-order valence-electron chi connectivity index (χ0n) is 15.6. The number of unbranched alkanes of at least 4 members (excludes halogenated alkanes) is 1. The summed E-state index contributed by atoms with van der Waals surface area (Å²) in [4.78, 5) is 2.48. The number of nitrogens with zero attached hydrogens (tertiary/aromatic N) is 1. The lowest BCUT2D eigenvalue weighted by atomic mass is 9.99. The van der Waals surface area contributed by atoms with Crippen molar-refractivity contribution in [1.29, 1.82) is 0 Å². The first-order valence-electron chi connectivity index (χ1n) is 9.95. The van der Waals surface area contributed by atoms with Gasteiger partial charge in [0.25, 0.3) is 0 Å². The molecule has 2 nitrogen and oxygen atoms in total. The molecule has 1 aliphatic carbocycles. The van der Waals surface area contributed by atoms with Crippen LogP contribution in [-0.4, -0.2) is 23.1 Å². The Morgan fingerprint density at radius 2 is 1.96 bits per heavy atom. The average molecular weight is 369 g/mol. The van der Waals surface area contributed by atoms with Crippen LogP contribution in [0.5, 0.6) is 0 Å². The summed E-state index contributed by atoms with van der Waals surface area (Å²) < 4.78 is 14.8. The Kier molecular flexibility index (Phi) is 8.68. The summed E-state index contributed by atoms with van der Waals surface area (Å²) in [6.07, 6.45) is 16.5. The molecule has 2 fully saturated rings. The number of hydrogen-bond acceptors (Lipinski definition) is 2. The maximum atomic E-state index is 14.8. The van der Waals surface area contributed by atoms with Gasteiger partial charge in [-0.25, -0.2) is 4.39 Å². The largest absolute Gasteiger partial charge is 0.315 e. The number of allylic oxidation sites excluding steroid dienone is 4. The fraction of sp³-hybridized carbons (Fsp3) is 0.714. The van der Waals surface area contributed by atoms with Crippen molar-refractivity contribution in [3.8, 4) is 0 Å². The van der Waals surface area contributed by atoms with E-state index in [9.17, 15) is 4.39 Å². The molecule has 2 aliphatic rings. The molecule has 0 spiro atoms. The lowest BCUT2D eigenvalue weighted by Crippen LogP contribution is -2.49. The van der Waals surface area contributed by atoms with Gasteiger partial charge in [0.2, 0.25) is 0 Å². The van der Waals surface area contributed by atoms with E-state index in [0.717, 1.165) is 12.8 Å². The Hall–Kier alpha value is -0.640. The van der Waals surface area contributed by atoms with E-state index >= 15 is 0 Å². The van der Waals surface area contributed by atoms with Crippen LogP contribution in [-0.2, 0) is 0 Å². The molecule has 4 heteroatoms. The second-order valence-corrected chi connectivity index (χ2v) is 8.06. The topological polar surface area (TPSA) is 29.3 Å². The van der Waals surface area contributed by atoms with E-state index in [1.807, 2.05) is 0 Å². The predicted octanol–water partition coefficient (Wildman–Crippen LogP) is 6.04. The molecule has 25 heavy (non-hydrogen) atoms. The van der Waals surface area contributed by atoms with Gasteiger partial charge in [-0.1, -0.05) is 69.7 Å². The molecule has 0 bridgehead atoms. The summed E-state index contributed by atoms with van der Waals surface area (Å²) in [6.45, 7) is 5.80. The highest BCUT2D eigenvalue weighted by Crippen LogP contribution is 2.39. The van der Waals surface area contributed by atoms with Crippen molar-refractivity contribution in [2.24, 2.45) is 11.7 Å². The van der Waals surface area contributed by atoms with Gasteiger partial charge in [-0.15, -0.1) is 0 Å². The van der Waals surface area contributed by atoms with Gasteiger partial charge in [-0.3, -0.25) is 4.90 Å². The summed E-state index contributed by atoms with van der Waals surface area (Å²) in [5.41, 5.74) is 6.58. The third-order valence-corrected chi connectivity index (χ3v) is 5.85. The molecule has 142 valence electrons. The fourth-order valence-electron chi connectivity index (χ4n) is 4.45. The highest BCUT2D eigenvalue weighted by Gasteiger charge is 2.43. The van der Waals surface area contributed by atoms with Crippen LogP contribution in [0.4, 0.5) is 4.39 Å². The molecule has 2 unspecified atom stereocenters. The number of nitrogens with two attached hydrogens (primary N) is 1. The molecular formula is C21H34ClFN2. The van der Waals surface area contributed by atoms with Gasteiger partial charge >= 0.3 is 0 Å². The van der Waals surface area contributed by atoms with Crippen molar-refractivity contribution in [2.75, 3.05) is 0 Å². The molecule has 2 rings (SSSR count). The summed E-state index contributed by atoms with van der Waals surface area (Å²) in [7, 11) is 0. The van der Waals surface area contributed by atoms with Crippen molar-refractivity contribution < 1.29 is 4.39 Å². The minimum Gasteiger partial charge on any atom is -0.315 e. The Balaban J connectivity index is 2.13. The Bertz CT molecular complexity index is 480. The van der Waals surface area contributed by atoms with E-state index in [4.69, 9.17) is 17.3 Å². The lowest BCUT2D eigenvalue weighted by Gasteiger charge is -2.36. The number of rotatable bonds is 7. The third kappa shape index (κ3) is 5.94. The van der Waals surface area contributed by atoms with Crippen LogP contribution < -0.4 is 5.73 Å². The van der Waals surface area contributed by atoms with E-state index in [-0.39, 0.29) is 17.9 Å². The van der Waals surface area contributed by atoms with Crippen molar-refractivity contribution in [2.45, 2.75) is 89.4 Å². The second-order valence-electron chi connectivity index (χ2n) is 7.58. The number of likely N-dealkylation sites (tertiary alicyclic amines) is 1. The first-order valence-corrected chi connectivity index (χ1v) is 10.3. The van der Waals surface area contributed by atoms with Crippen molar-refractivity contribution in [3.63, 3.8) is 0 Å². The van der Waals surface area contributed by atoms with Gasteiger partial charge in [0, 0.05) is 23.0 Å². The summed E-state index contributed by atoms with van der Waals surface area (Å²) in [6, 6.07) is 0.935. The van der Waals surface area contributed by atoms with Crippen LogP contribution in [0.1, 0.15) is 71.1 Å². The summed E-state index contributed by atoms with van der Waals surface area (Å²) in [5.74, 6) is -0.336. The van der Waals surface area contributed by atoms with Crippen LogP contribution in [0.25, 0.3) is 0 Å². The SMILES string of the molecule is C=C(Cl)/C=C\C=C(/F)C1C[C@H](CCCC)N(C2CCCCCC2)C1N. The van der Waals surface area contributed by atoms with E-state index < -0.39 is 0 Å². The van der Waals surface area contributed by atoms with Crippen LogP contribution in [0.3, 0.4) is 0 Å². The Morgan fingerprint density at radius 3 is 2.56 bits per heavy atom. The molecule has 2 N–H and O–H groups in total. The van der Waals surface area contributed by atoms with Crippen LogP contribution in [0.15, 0.2) is 35.7 Å². The Morgan fingerprint density at radius 1 is 1.28 bits per heavy atom. The van der Waals surface area contributed by atoms with Gasteiger partial charge in [-0.05, 0) is 37.8 Å². The molecule has 1 aliphatic heterocycles. The third-order valence-electron chi connectivity index (χ3n) is 5.73. The normalized spacial score (nSPS) is 30.1. The zero-order valence-corrected chi connectivity index (χ0v) is 16.4. The second kappa shape index (κ2) is 10.5.